The fourth-order valence-corrected chi connectivity index (χ4v) is 3.37. The quantitative estimate of drug-likeness (QED) is 0.500. The molecule has 0 saturated carbocycles. The molecule has 0 unspecified atom stereocenters. The van der Waals surface area contributed by atoms with E-state index in [2.05, 4.69) is 15.5 Å². The van der Waals surface area contributed by atoms with Crippen molar-refractivity contribution in [2.24, 2.45) is 0 Å². The molecule has 0 aliphatic heterocycles. The summed E-state index contributed by atoms with van der Waals surface area (Å²) in [6.45, 7) is 0.314. The van der Waals surface area contributed by atoms with Gasteiger partial charge >= 0.3 is 0 Å². The van der Waals surface area contributed by atoms with Gasteiger partial charge < -0.3 is 10.1 Å². The first-order chi connectivity index (χ1) is 13.3. The number of carbonyl (C=O) groups is 1. The maximum atomic E-state index is 12.7. The molecule has 2 aromatic heterocycles. The van der Waals surface area contributed by atoms with E-state index in [4.69, 9.17) is 4.74 Å². The number of aromatic amines is 1. The number of H-pyrrole nitrogens is 1. The number of benzene rings is 2. The molecule has 6 heteroatoms. The van der Waals surface area contributed by atoms with E-state index in [1.54, 1.807) is 17.4 Å². The van der Waals surface area contributed by atoms with Crippen LogP contribution in [0.25, 0.3) is 10.6 Å². The Balaban J connectivity index is 1.47. The third-order valence-electron chi connectivity index (χ3n) is 4.01. The van der Waals surface area contributed by atoms with Crippen LogP contribution in [-0.2, 0) is 6.61 Å². The molecule has 27 heavy (non-hydrogen) atoms. The summed E-state index contributed by atoms with van der Waals surface area (Å²) in [5.74, 6) is 1.04. The highest BCUT2D eigenvalue weighted by Crippen LogP contribution is 2.24. The van der Waals surface area contributed by atoms with Crippen molar-refractivity contribution >= 4 is 23.1 Å². The van der Waals surface area contributed by atoms with Gasteiger partial charge in [-0.3, -0.25) is 9.89 Å². The van der Waals surface area contributed by atoms with E-state index in [0.29, 0.717) is 18.0 Å². The monoisotopic (exact) mass is 375 g/mol. The van der Waals surface area contributed by atoms with Gasteiger partial charge in [0, 0.05) is 17.2 Å². The van der Waals surface area contributed by atoms with E-state index >= 15 is 0 Å². The summed E-state index contributed by atoms with van der Waals surface area (Å²) in [7, 11) is 0. The Morgan fingerprint density at radius 3 is 2.67 bits per heavy atom. The number of para-hydroxylation sites is 1. The molecule has 4 aromatic rings. The number of ether oxygens (including phenoxy) is 1. The van der Waals surface area contributed by atoms with Crippen molar-refractivity contribution in [1.29, 1.82) is 0 Å². The predicted octanol–water partition coefficient (Wildman–Crippen LogP) is 4.97. The lowest BCUT2D eigenvalue weighted by molar-refractivity contribution is 0.102. The molecule has 0 atom stereocenters. The molecule has 0 radical (unpaired) electrons. The predicted molar refractivity (Wildman–Crippen MR) is 107 cm³/mol. The molecule has 4 rings (SSSR count). The first-order valence-electron chi connectivity index (χ1n) is 8.46. The van der Waals surface area contributed by atoms with Crippen molar-refractivity contribution in [3.05, 3.63) is 89.3 Å². The fourth-order valence-electron chi connectivity index (χ4n) is 2.67. The van der Waals surface area contributed by atoms with Crippen LogP contribution in [-0.4, -0.2) is 16.1 Å². The third kappa shape index (κ3) is 4.07. The number of thiophene rings is 1. The summed E-state index contributed by atoms with van der Waals surface area (Å²) in [5, 5.41) is 12.0. The summed E-state index contributed by atoms with van der Waals surface area (Å²) in [6.07, 6.45) is 0. The summed E-state index contributed by atoms with van der Waals surface area (Å²) < 4.78 is 5.79. The number of aromatic nitrogens is 2. The number of hydrogen-bond donors (Lipinski definition) is 2. The normalized spacial score (nSPS) is 10.5. The molecule has 0 spiro atoms. The highest BCUT2D eigenvalue weighted by molar-refractivity contribution is 7.13. The molecule has 0 fully saturated rings. The van der Waals surface area contributed by atoms with Gasteiger partial charge in [-0.15, -0.1) is 11.3 Å². The van der Waals surface area contributed by atoms with E-state index < -0.39 is 0 Å². The standard InChI is InChI=1S/C21H17N3O2S/c25-21(22-20-13-18(23-24-20)19-11-6-12-27-19)17-10-5-4-7-15(17)14-26-16-8-2-1-3-9-16/h1-13H,14H2,(H2,22,23,24,25). The van der Waals surface area contributed by atoms with Gasteiger partial charge in [-0.25, -0.2) is 0 Å². The molecule has 2 N–H and O–H groups in total. The van der Waals surface area contributed by atoms with Crippen LogP contribution in [0.1, 0.15) is 15.9 Å². The topological polar surface area (TPSA) is 67.0 Å². The number of rotatable bonds is 6. The minimum atomic E-state index is -0.216. The zero-order valence-electron chi connectivity index (χ0n) is 14.4. The van der Waals surface area contributed by atoms with Crippen molar-refractivity contribution in [1.82, 2.24) is 10.2 Å². The minimum absolute atomic E-state index is 0.216. The zero-order chi connectivity index (χ0) is 18.5. The van der Waals surface area contributed by atoms with E-state index in [9.17, 15) is 4.79 Å². The van der Waals surface area contributed by atoms with Crippen molar-refractivity contribution in [3.63, 3.8) is 0 Å². The highest BCUT2D eigenvalue weighted by Gasteiger charge is 2.14. The summed E-state index contributed by atoms with van der Waals surface area (Å²) in [6, 6.07) is 22.7. The van der Waals surface area contributed by atoms with Gasteiger partial charge in [-0.1, -0.05) is 42.5 Å². The van der Waals surface area contributed by atoms with Crippen LogP contribution < -0.4 is 10.1 Å². The van der Waals surface area contributed by atoms with Crippen LogP contribution in [0.4, 0.5) is 5.82 Å². The maximum absolute atomic E-state index is 12.7. The summed E-state index contributed by atoms with van der Waals surface area (Å²) >= 11 is 1.61. The second-order valence-electron chi connectivity index (χ2n) is 5.86. The van der Waals surface area contributed by atoms with Gasteiger partial charge in [0.1, 0.15) is 12.4 Å². The number of amides is 1. The Morgan fingerprint density at radius 1 is 1.04 bits per heavy atom. The number of hydrogen-bond acceptors (Lipinski definition) is 4. The van der Waals surface area contributed by atoms with Crippen molar-refractivity contribution in [2.75, 3.05) is 5.32 Å². The molecule has 2 heterocycles. The molecule has 0 saturated heterocycles. The summed E-state index contributed by atoms with van der Waals surface area (Å²) in [4.78, 5) is 13.8. The van der Waals surface area contributed by atoms with Crippen molar-refractivity contribution < 1.29 is 9.53 Å². The lowest BCUT2D eigenvalue weighted by Crippen LogP contribution is -2.15. The SMILES string of the molecule is O=C(Nc1cc(-c2cccs2)[nH]n1)c1ccccc1COc1ccccc1. The lowest BCUT2D eigenvalue weighted by Gasteiger charge is -2.10. The first kappa shape index (κ1) is 17.1. The molecule has 0 aliphatic carbocycles. The number of carbonyl (C=O) groups excluding carboxylic acids is 1. The van der Waals surface area contributed by atoms with Gasteiger partial charge in [0.25, 0.3) is 5.91 Å². The second-order valence-corrected chi connectivity index (χ2v) is 6.80. The smallest absolute Gasteiger partial charge is 0.257 e. The van der Waals surface area contributed by atoms with Crippen LogP contribution in [0.3, 0.4) is 0 Å². The Bertz CT molecular complexity index is 1030. The van der Waals surface area contributed by atoms with Crippen LogP contribution in [0, 0.1) is 0 Å². The minimum Gasteiger partial charge on any atom is -0.489 e. The average molecular weight is 375 g/mol. The van der Waals surface area contributed by atoms with Crippen LogP contribution in [0.2, 0.25) is 0 Å². The molecule has 134 valence electrons. The van der Waals surface area contributed by atoms with Crippen LogP contribution in [0.5, 0.6) is 5.75 Å². The second kappa shape index (κ2) is 7.88. The summed E-state index contributed by atoms with van der Waals surface area (Å²) in [5.41, 5.74) is 2.25. The molecular formula is C21H17N3O2S. The number of anilines is 1. The maximum Gasteiger partial charge on any atom is 0.257 e. The molecule has 2 aromatic carbocycles. The largest absolute Gasteiger partial charge is 0.489 e. The average Bonchev–Trinajstić information content (AvgIpc) is 3.39. The zero-order valence-corrected chi connectivity index (χ0v) is 15.2. The van der Waals surface area contributed by atoms with Gasteiger partial charge in [0.15, 0.2) is 5.82 Å². The molecular weight excluding hydrogens is 358 g/mol. The van der Waals surface area contributed by atoms with E-state index in [0.717, 1.165) is 21.9 Å². The van der Waals surface area contributed by atoms with Gasteiger partial charge in [0.2, 0.25) is 0 Å². The number of nitrogens with zero attached hydrogens (tertiary/aromatic N) is 1. The Kier molecular flexibility index (Phi) is 4.98. The molecule has 1 amide bonds. The van der Waals surface area contributed by atoms with E-state index in [1.165, 1.54) is 0 Å². The molecule has 0 bridgehead atoms. The lowest BCUT2D eigenvalue weighted by atomic mass is 10.1. The third-order valence-corrected chi connectivity index (χ3v) is 4.91. The highest BCUT2D eigenvalue weighted by atomic mass is 32.1. The molecule has 0 aliphatic rings. The van der Waals surface area contributed by atoms with Crippen molar-refractivity contribution in [2.45, 2.75) is 6.61 Å². The van der Waals surface area contributed by atoms with Crippen molar-refractivity contribution in [3.8, 4) is 16.3 Å². The fraction of sp³-hybridized carbons (Fsp3) is 0.0476. The van der Waals surface area contributed by atoms with Gasteiger partial charge in [0.05, 0.1) is 10.6 Å². The van der Waals surface area contributed by atoms with E-state index in [-0.39, 0.29) is 5.91 Å². The first-order valence-corrected chi connectivity index (χ1v) is 9.34. The Labute approximate surface area is 160 Å². The van der Waals surface area contributed by atoms with Crippen LogP contribution in [0.15, 0.2) is 78.2 Å². The number of nitrogens with one attached hydrogen (secondary N) is 2. The van der Waals surface area contributed by atoms with Crippen LogP contribution >= 0.6 is 11.3 Å². The molecule has 5 nitrogen and oxygen atoms in total. The van der Waals surface area contributed by atoms with Gasteiger partial charge in [-0.05, 0) is 29.6 Å². The van der Waals surface area contributed by atoms with Gasteiger partial charge in [-0.2, -0.15) is 5.10 Å². The van der Waals surface area contributed by atoms with E-state index in [1.807, 2.05) is 72.1 Å². The Hall–Kier alpha value is -3.38. The Morgan fingerprint density at radius 2 is 1.85 bits per heavy atom.